The average molecular weight is 132 g/mol. The first-order valence-electron chi connectivity index (χ1n) is 2.96. The highest BCUT2D eigenvalue weighted by Crippen LogP contribution is 2.03. The fourth-order valence-electron chi connectivity index (χ4n) is 0.572. The molecule has 0 saturated carbocycles. The lowest BCUT2D eigenvalue weighted by Crippen LogP contribution is -2.19. The van der Waals surface area contributed by atoms with E-state index in [0.717, 1.165) is 0 Å². The Morgan fingerprint density at radius 1 is 1.67 bits per heavy atom. The third kappa shape index (κ3) is 3.21. The molecule has 0 aromatic carbocycles. The summed E-state index contributed by atoms with van der Waals surface area (Å²) in [6.45, 7) is 1.49. The predicted molar refractivity (Wildman–Crippen MR) is 32.9 cm³/mol. The van der Waals surface area contributed by atoms with Gasteiger partial charge in [-0.1, -0.05) is 0 Å². The first-order valence-corrected chi connectivity index (χ1v) is 2.96. The molecule has 3 nitrogen and oxygen atoms in total. The van der Waals surface area contributed by atoms with Gasteiger partial charge in [-0.25, -0.2) is 0 Å². The molecule has 0 amide bonds. The highest BCUT2D eigenvalue weighted by atomic mass is 16.3. The normalized spacial score (nSPS) is 16.8. The molecule has 0 rings (SSSR count). The topological polar surface area (TPSA) is 57.5 Å². The lowest BCUT2D eigenvalue weighted by Gasteiger charge is -2.09. The summed E-state index contributed by atoms with van der Waals surface area (Å²) >= 11 is 0. The number of carbonyl (C=O) groups excluding carboxylic acids is 1. The van der Waals surface area contributed by atoms with Crippen molar-refractivity contribution in [1.29, 1.82) is 0 Å². The Bertz CT molecular complexity index is 80.4. The van der Waals surface area contributed by atoms with E-state index in [2.05, 4.69) is 0 Å². The maximum Gasteiger partial charge on any atom is 0.125 e. The summed E-state index contributed by atoms with van der Waals surface area (Å²) in [5.74, 6) is -0.407. The van der Waals surface area contributed by atoms with Crippen LogP contribution < -0.4 is 0 Å². The summed E-state index contributed by atoms with van der Waals surface area (Å²) in [6.07, 6.45) is 0.372. The number of aldehydes is 1. The minimum Gasteiger partial charge on any atom is -0.396 e. The summed E-state index contributed by atoms with van der Waals surface area (Å²) in [6, 6.07) is 0. The number of aliphatic hydroxyl groups is 2. The van der Waals surface area contributed by atoms with Gasteiger partial charge in [0.25, 0.3) is 0 Å². The molecule has 0 aliphatic heterocycles. The van der Waals surface area contributed by atoms with Gasteiger partial charge in [0.1, 0.15) is 6.29 Å². The molecular formula is C6H12O3. The molecule has 0 spiro atoms. The van der Waals surface area contributed by atoms with E-state index in [1.165, 1.54) is 6.92 Å². The Labute approximate surface area is 54.3 Å². The van der Waals surface area contributed by atoms with Crippen LogP contribution in [0.15, 0.2) is 0 Å². The Hall–Kier alpha value is -0.410. The van der Waals surface area contributed by atoms with E-state index in [1.807, 2.05) is 0 Å². The standard InChI is InChI=1S/C6H12O3/c1-5(9)6(4-8)2-3-7/h4-7,9H,2-3H2,1H3. The van der Waals surface area contributed by atoms with E-state index in [0.29, 0.717) is 12.7 Å². The van der Waals surface area contributed by atoms with Crippen LogP contribution in [0.1, 0.15) is 13.3 Å². The van der Waals surface area contributed by atoms with Crippen LogP contribution in [0.4, 0.5) is 0 Å². The summed E-state index contributed by atoms with van der Waals surface area (Å²) in [4.78, 5) is 10.1. The van der Waals surface area contributed by atoms with Gasteiger partial charge in [0, 0.05) is 12.5 Å². The highest BCUT2D eigenvalue weighted by Gasteiger charge is 2.11. The van der Waals surface area contributed by atoms with Crippen molar-refractivity contribution in [2.45, 2.75) is 19.4 Å². The smallest absolute Gasteiger partial charge is 0.125 e. The molecule has 2 atom stereocenters. The number of rotatable bonds is 4. The van der Waals surface area contributed by atoms with Gasteiger partial charge in [0.05, 0.1) is 6.10 Å². The molecule has 0 bridgehead atoms. The monoisotopic (exact) mass is 132 g/mol. The minimum atomic E-state index is -0.644. The molecule has 3 heteroatoms. The fourth-order valence-corrected chi connectivity index (χ4v) is 0.572. The van der Waals surface area contributed by atoms with Crippen LogP contribution in [-0.2, 0) is 4.79 Å². The molecule has 0 aliphatic carbocycles. The van der Waals surface area contributed by atoms with Gasteiger partial charge in [-0.05, 0) is 13.3 Å². The minimum absolute atomic E-state index is 0.0473. The van der Waals surface area contributed by atoms with Crippen LogP contribution in [0.25, 0.3) is 0 Å². The van der Waals surface area contributed by atoms with Crippen LogP contribution >= 0.6 is 0 Å². The number of hydrogen-bond donors (Lipinski definition) is 2. The van der Waals surface area contributed by atoms with Crippen LogP contribution in [0.5, 0.6) is 0 Å². The van der Waals surface area contributed by atoms with Crippen molar-refractivity contribution >= 4 is 6.29 Å². The Balaban J connectivity index is 3.54. The molecule has 54 valence electrons. The van der Waals surface area contributed by atoms with E-state index in [-0.39, 0.29) is 6.61 Å². The quantitative estimate of drug-likeness (QED) is 0.510. The fraction of sp³-hybridized carbons (Fsp3) is 0.833. The van der Waals surface area contributed by atoms with Gasteiger partial charge in [-0.15, -0.1) is 0 Å². The van der Waals surface area contributed by atoms with Gasteiger partial charge in [-0.3, -0.25) is 0 Å². The zero-order valence-corrected chi connectivity index (χ0v) is 5.45. The molecule has 2 N–H and O–H groups in total. The number of aliphatic hydroxyl groups excluding tert-OH is 2. The molecule has 2 unspecified atom stereocenters. The summed E-state index contributed by atoms with van der Waals surface area (Å²) in [5, 5.41) is 17.1. The lowest BCUT2D eigenvalue weighted by atomic mass is 10.0. The third-order valence-electron chi connectivity index (χ3n) is 1.26. The zero-order valence-electron chi connectivity index (χ0n) is 5.45. The number of carbonyl (C=O) groups is 1. The van der Waals surface area contributed by atoms with Gasteiger partial charge in [0.2, 0.25) is 0 Å². The van der Waals surface area contributed by atoms with E-state index >= 15 is 0 Å². The van der Waals surface area contributed by atoms with Crippen LogP contribution in [0.3, 0.4) is 0 Å². The number of hydrogen-bond acceptors (Lipinski definition) is 3. The van der Waals surface area contributed by atoms with Crippen molar-refractivity contribution in [2.24, 2.45) is 5.92 Å². The van der Waals surface area contributed by atoms with Crippen molar-refractivity contribution in [3.8, 4) is 0 Å². The largest absolute Gasteiger partial charge is 0.396 e. The van der Waals surface area contributed by atoms with Crippen molar-refractivity contribution in [3.63, 3.8) is 0 Å². The van der Waals surface area contributed by atoms with Crippen molar-refractivity contribution in [1.82, 2.24) is 0 Å². The molecule has 0 fully saturated rings. The highest BCUT2D eigenvalue weighted by molar-refractivity contribution is 5.54. The molecule has 0 aromatic rings. The first kappa shape index (κ1) is 8.59. The van der Waals surface area contributed by atoms with Crippen molar-refractivity contribution in [3.05, 3.63) is 0 Å². The predicted octanol–water partition coefficient (Wildman–Crippen LogP) is -0.435. The maximum absolute atomic E-state index is 10.1. The van der Waals surface area contributed by atoms with Crippen molar-refractivity contribution in [2.75, 3.05) is 6.61 Å². The van der Waals surface area contributed by atoms with E-state index in [9.17, 15) is 4.79 Å². The van der Waals surface area contributed by atoms with Gasteiger partial charge < -0.3 is 15.0 Å². The SMILES string of the molecule is CC(O)C(C=O)CCO. The Morgan fingerprint density at radius 2 is 2.22 bits per heavy atom. The summed E-state index contributed by atoms with van der Waals surface area (Å²) < 4.78 is 0. The second-order valence-electron chi connectivity index (χ2n) is 2.05. The average Bonchev–Trinajstić information content (AvgIpc) is 1.82. The van der Waals surface area contributed by atoms with Crippen LogP contribution in [-0.4, -0.2) is 29.2 Å². The Kier molecular flexibility index (Phi) is 4.26. The van der Waals surface area contributed by atoms with Crippen LogP contribution in [0, 0.1) is 5.92 Å². The molecule has 0 saturated heterocycles. The van der Waals surface area contributed by atoms with E-state index < -0.39 is 12.0 Å². The van der Waals surface area contributed by atoms with E-state index in [1.54, 1.807) is 0 Å². The van der Waals surface area contributed by atoms with Crippen LogP contribution in [0.2, 0.25) is 0 Å². The molecule has 0 aromatic heterocycles. The zero-order chi connectivity index (χ0) is 7.28. The third-order valence-corrected chi connectivity index (χ3v) is 1.26. The molecule has 0 heterocycles. The van der Waals surface area contributed by atoms with Gasteiger partial charge in [-0.2, -0.15) is 0 Å². The molecule has 0 radical (unpaired) electrons. The molecule has 0 aliphatic rings. The lowest BCUT2D eigenvalue weighted by molar-refractivity contribution is -0.114. The Morgan fingerprint density at radius 3 is 2.33 bits per heavy atom. The second-order valence-corrected chi connectivity index (χ2v) is 2.05. The van der Waals surface area contributed by atoms with Crippen molar-refractivity contribution < 1.29 is 15.0 Å². The second kappa shape index (κ2) is 4.47. The summed E-state index contributed by atoms with van der Waals surface area (Å²) in [7, 11) is 0. The van der Waals surface area contributed by atoms with E-state index in [4.69, 9.17) is 10.2 Å². The first-order chi connectivity index (χ1) is 4.22. The summed E-state index contributed by atoms with van der Waals surface area (Å²) in [5.41, 5.74) is 0. The molecular weight excluding hydrogens is 120 g/mol. The molecule has 9 heavy (non-hydrogen) atoms. The van der Waals surface area contributed by atoms with Gasteiger partial charge in [0.15, 0.2) is 0 Å². The van der Waals surface area contributed by atoms with Gasteiger partial charge >= 0.3 is 0 Å². The maximum atomic E-state index is 10.1.